The fourth-order valence-corrected chi connectivity index (χ4v) is 1.12. The minimum absolute atomic E-state index is 0.441. The van der Waals surface area contributed by atoms with Crippen LogP contribution >= 0.6 is 15.9 Å². The van der Waals surface area contributed by atoms with Gasteiger partial charge in [-0.05, 0) is 39.0 Å². The fraction of sp³-hybridized carbons (Fsp3) is 0.818. The molecule has 0 aliphatic heterocycles. The summed E-state index contributed by atoms with van der Waals surface area (Å²) in [5.74, 6) is 0. The summed E-state index contributed by atoms with van der Waals surface area (Å²) in [7, 11) is 0. The maximum absolute atomic E-state index is 3.54. The van der Waals surface area contributed by atoms with Crippen LogP contribution in [0.2, 0.25) is 0 Å². The maximum Gasteiger partial charge on any atom is 0.00827 e. The van der Waals surface area contributed by atoms with Gasteiger partial charge >= 0.3 is 0 Å². The summed E-state index contributed by atoms with van der Waals surface area (Å²) < 4.78 is 0. The molecule has 0 aromatic heterocycles. The monoisotopic (exact) mass is 232 g/mol. The molecule has 0 N–H and O–H groups in total. The SMILES string of the molecule is CC(C)=C(C)CCC(C)(C)CBr. The van der Waals surface area contributed by atoms with Crippen LogP contribution in [0.3, 0.4) is 0 Å². The quantitative estimate of drug-likeness (QED) is 0.493. The molecule has 0 amide bonds. The highest BCUT2D eigenvalue weighted by molar-refractivity contribution is 9.09. The van der Waals surface area contributed by atoms with Crippen LogP contribution in [0, 0.1) is 5.41 Å². The Morgan fingerprint density at radius 3 is 2.00 bits per heavy atom. The molecular weight excluding hydrogens is 212 g/mol. The third-order valence-electron chi connectivity index (χ3n) is 2.39. The van der Waals surface area contributed by atoms with E-state index in [2.05, 4.69) is 50.5 Å². The zero-order chi connectivity index (χ0) is 9.78. The summed E-state index contributed by atoms with van der Waals surface area (Å²) >= 11 is 3.54. The van der Waals surface area contributed by atoms with Crippen LogP contribution in [0.1, 0.15) is 47.5 Å². The van der Waals surface area contributed by atoms with Crippen LogP contribution in [0.25, 0.3) is 0 Å². The molecule has 0 heterocycles. The Morgan fingerprint density at radius 2 is 1.67 bits per heavy atom. The third-order valence-corrected chi connectivity index (χ3v) is 3.91. The van der Waals surface area contributed by atoms with Crippen molar-refractivity contribution in [3.05, 3.63) is 11.1 Å². The van der Waals surface area contributed by atoms with Gasteiger partial charge in [-0.15, -0.1) is 0 Å². The Bertz CT molecular complexity index is 162. The van der Waals surface area contributed by atoms with Crippen LogP contribution in [0.5, 0.6) is 0 Å². The zero-order valence-electron chi connectivity index (χ0n) is 9.00. The Hall–Kier alpha value is 0.220. The van der Waals surface area contributed by atoms with E-state index < -0.39 is 0 Å². The largest absolute Gasteiger partial charge is 0.0922 e. The molecule has 0 saturated carbocycles. The second-order valence-corrected chi connectivity index (χ2v) is 5.14. The van der Waals surface area contributed by atoms with E-state index in [1.165, 1.54) is 18.4 Å². The Balaban J connectivity index is 3.92. The first-order valence-electron chi connectivity index (χ1n) is 4.58. The molecule has 0 rings (SSSR count). The lowest BCUT2D eigenvalue weighted by molar-refractivity contribution is 0.389. The predicted molar refractivity (Wildman–Crippen MR) is 60.9 cm³/mol. The number of hydrogen-bond donors (Lipinski definition) is 0. The van der Waals surface area contributed by atoms with E-state index in [9.17, 15) is 0 Å². The molecule has 12 heavy (non-hydrogen) atoms. The van der Waals surface area contributed by atoms with Gasteiger partial charge in [0.1, 0.15) is 0 Å². The summed E-state index contributed by atoms with van der Waals surface area (Å²) in [5, 5.41) is 1.09. The number of allylic oxidation sites excluding steroid dienone is 2. The smallest absolute Gasteiger partial charge is 0.00827 e. The molecule has 0 saturated heterocycles. The van der Waals surface area contributed by atoms with E-state index in [1.54, 1.807) is 5.57 Å². The van der Waals surface area contributed by atoms with Gasteiger partial charge in [-0.1, -0.05) is 40.9 Å². The minimum Gasteiger partial charge on any atom is -0.0922 e. The molecule has 0 aromatic carbocycles. The van der Waals surface area contributed by atoms with Gasteiger partial charge in [0.25, 0.3) is 0 Å². The second kappa shape index (κ2) is 5.06. The van der Waals surface area contributed by atoms with E-state index in [1.807, 2.05) is 0 Å². The standard InChI is InChI=1S/C11H21Br/c1-9(2)10(3)6-7-11(4,5)8-12/h6-8H2,1-5H3. The normalized spacial score (nSPS) is 11.5. The van der Waals surface area contributed by atoms with E-state index in [4.69, 9.17) is 0 Å². The molecule has 0 aliphatic rings. The van der Waals surface area contributed by atoms with Crippen molar-refractivity contribution in [1.29, 1.82) is 0 Å². The highest BCUT2D eigenvalue weighted by Gasteiger charge is 2.15. The van der Waals surface area contributed by atoms with Gasteiger partial charge < -0.3 is 0 Å². The molecule has 0 aromatic rings. The number of rotatable bonds is 4. The second-order valence-electron chi connectivity index (χ2n) is 4.58. The van der Waals surface area contributed by atoms with Crippen molar-refractivity contribution < 1.29 is 0 Å². The van der Waals surface area contributed by atoms with Crippen LogP contribution in [0.4, 0.5) is 0 Å². The average molecular weight is 233 g/mol. The Kier molecular flexibility index (Phi) is 5.15. The van der Waals surface area contributed by atoms with Crippen molar-refractivity contribution in [3.8, 4) is 0 Å². The van der Waals surface area contributed by atoms with Gasteiger partial charge in [0.15, 0.2) is 0 Å². The molecule has 0 spiro atoms. The molecule has 0 radical (unpaired) electrons. The van der Waals surface area contributed by atoms with Gasteiger partial charge in [0.05, 0.1) is 0 Å². The maximum atomic E-state index is 3.54. The molecule has 0 unspecified atom stereocenters. The fourth-order valence-electron chi connectivity index (χ4n) is 0.843. The zero-order valence-corrected chi connectivity index (χ0v) is 10.6. The number of alkyl halides is 1. The summed E-state index contributed by atoms with van der Waals surface area (Å²) in [6, 6.07) is 0. The van der Waals surface area contributed by atoms with Crippen molar-refractivity contribution in [2.24, 2.45) is 5.41 Å². The lowest BCUT2D eigenvalue weighted by Crippen LogP contribution is -2.12. The lowest BCUT2D eigenvalue weighted by Gasteiger charge is -2.21. The van der Waals surface area contributed by atoms with Gasteiger partial charge in [-0.2, -0.15) is 0 Å². The molecule has 0 fully saturated rings. The highest BCUT2D eigenvalue weighted by Crippen LogP contribution is 2.27. The van der Waals surface area contributed by atoms with Gasteiger partial charge in [-0.25, -0.2) is 0 Å². The first-order valence-corrected chi connectivity index (χ1v) is 5.70. The van der Waals surface area contributed by atoms with E-state index in [-0.39, 0.29) is 0 Å². The van der Waals surface area contributed by atoms with E-state index in [0.717, 1.165) is 5.33 Å². The summed E-state index contributed by atoms with van der Waals surface area (Å²) in [6.07, 6.45) is 2.51. The minimum atomic E-state index is 0.441. The van der Waals surface area contributed by atoms with Crippen molar-refractivity contribution in [3.63, 3.8) is 0 Å². The highest BCUT2D eigenvalue weighted by atomic mass is 79.9. The Labute approximate surface area is 85.6 Å². The Morgan fingerprint density at radius 1 is 1.17 bits per heavy atom. The number of hydrogen-bond acceptors (Lipinski definition) is 0. The molecule has 1 heteroatoms. The molecule has 0 aliphatic carbocycles. The van der Waals surface area contributed by atoms with Crippen molar-refractivity contribution in [1.82, 2.24) is 0 Å². The summed E-state index contributed by atoms with van der Waals surface area (Å²) in [6.45, 7) is 11.2. The summed E-state index contributed by atoms with van der Waals surface area (Å²) in [5.41, 5.74) is 3.46. The third kappa shape index (κ3) is 4.97. The van der Waals surface area contributed by atoms with Crippen LogP contribution in [-0.2, 0) is 0 Å². The topological polar surface area (TPSA) is 0 Å². The van der Waals surface area contributed by atoms with E-state index in [0.29, 0.717) is 5.41 Å². The first-order chi connectivity index (χ1) is 5.39. The van der Waals surface area contributed by atoms with Gasteiger partial charge in [0, 0.05) is 5.33 Å². The molecule has 0 bridgehead atoms. The van der Waals surface area contributed by atoms with E-state index >= 15 is 0 Å². The molecular formula is C11H21Br. The predicted octanol–water partition coefficient (Wildman–Crippen LogP) is 4.54. The van der Waals surface area contributed by atoms with Gasteiger partial charge in [0.2, 0.25) is 0 Å². The van der Waals surface area contributed by atoms with Crippen molar-refractivity contribution >= 4 is 15.9 Å². The lowest BCUT2D eigenvalue weighted by atomic mass is 9.88. The van der Waals surface area contributed by atoms with Gasteiger partial charge in [-0.3, -0.25) is 0 Å². The van der Waals surface area contributed by atoms with Crippen LogP contribution in [-0.4, -0.2) is 5.33 Å². The molecule has 72 valence electrons. The van der Waals surface area contributed by atoms with Crippen LogP contribution < -0.4 is 0 Å². The van der Waals surface area contributed by atoms with Crippen molar-refractivity contribution in [2.45, 2.75) is 47.5 Å². The summed E-state index contributed by atoms with van der Waals surface area (Å²) in [4.78, 5) is 0. The average Bonchev–Trinajstić information content (AvgIpc) is 2.00. The van der Waals surface area contributed by atoms with Crippen LogP contribution in [0.15, 0.2) is 11.1 Å². The van der Waals surface area contributed by atoms with Crippen molar-refractivity contribution in [2.75, 3.05) is 5.33 Å². The molecule has 0 nitrogen and oxygen atoms in total. The molecule has 0 atom stereocenters. The number of halogens is 1. The first kappa shape index (κ1) is 12.2.